The summed E-state index contributed by atoms with van der Waals surface area (Å²) < 4.78 is 5.76. The third-order valence-corrected chi connectivity index (χ3v) is 3.60. The number of aromatic nitrogens is 3. The van der Waals surface area contributed by atoms with Gasteiger partial charge in [-0.05, 0) is 29.3 Å². The molecule has 0 aliphatic rings. The zero-order valence-electron chi connectivity index (χ0n) is 12.8. The highest BCUT2D eigenvalue weighted by Crippen LogP contribution is 2.19. The molecule has 1 atom stereocenters. The van der Waals surface area contributed by atoms with Crippen LogP contribution in [0.3, 0.4) is 0 Å². The van der Waals surface area contributed by atoms with Crippen LogP contribution in [0.4, 0.5) is 0 Å². The Labute approximate surface area is 134 Å². The molecule has 0 aliphatic carbocycles. The van der Waals surface area contributed by atoms with Gasteiger partial charge in [-0.2, -0.15) is 5.10 Å². The zero-order chi connectivity index (χ0) is 16.1. The topological polar surface area (TPSA) is 67.9 Å². The number of pyridine rings is 1. The molecule has 0 saturated carbocycles. The van der Waals surface area contributed by atoms with Crippen LogP contribution < -0.4 is 4.74 Å². The molecule has 2 heterocycles. The molecule has 0 fully saturated rings. The van der Waals surface area contributed by atoms with Gasteiger partial charge in [0.05, 0.1) is 17.6 Å². The number of nitrogens with zero attached hydrogens (tertiary/aromatic N) is 2. The maximum absolute atomic E-state index is 10.9. The van der Waals surface area contributed by atoms with Crippen molar-refractivity contribution in [3.63, 3.8) is 0 Å². The smallest absolute Gasteiger partial charge is 0.138 e. The van der Waals surface area contributed by atoms with Gasteiger partial charge >= 0.3 is 0 Å². The second kappa shape index (κ2) is 6.87. The van der Waals surface area contributed by atoms with Crippen molar-refractivity contribution in [2.75, 3.05) is 0 Å². The van der Waals surface area contributed by atoms with Crippen molar-refractivity contribution < 1.29 is 9.53 Å². The second-order valence-electron chi connectivity index (χ2n) is 5.31. The molecule has 0 aliphatic heterocycles. The van der Waals surface area contributed by atoms with Gasteiger partial charge in [-0.1, -0.05) is 31.2 Å². The summed E-state index contributed by atoms with van der Waals surface area (Å²) in [6.07, 6.45) is 4.32. The lowest BCUT2D eigenvalue weighted by molar-refractivity contribution is -0.108. The molecule has 1 unspecified atom stereocenters. The van der Waals surface area contributed by atoms with Gasteiger partial charge in [-0.25, -0.2) is 0 Å². The largest absolute Gasteiger partial charge is 0.487 e. The van der Waals surface area contributed by atoms with E-state index in [1.807, 2.05) is 49.4 Å². The average molecular weight is 307 g/mol. The maximum Gasteiger partial charge on any atom is 0.138 e. The van der Waals surface area contributed by atoms with E-state index in [1.165, 1.54) is 0 Å². The molecule has 0 bridgehead atoms. The van der Waals surface area contributed by atoms with E-state index in [1.54, 1.807) is 12.4 Å². The Balaban J connectivity index is 1.65. The van der Waals surface area contributed by atoms with E-state index < -0.39 is 0 Å². The lowest BCUT2D eigenvalue weighted by Crippen LogP contribution is -1.99. The number of benzene rings is 1. The Bertz CT molecular complexity index is 767. The first-order chi connectivity index (χ1) is 11.3. The number of carbonyl (C=O) groups is 1. The molecule has 5 heteroatoms. The van der Waals surface area contributed by atoms with E-state index in [0.717, 1.165) is 28.8 Å². The molecule has 3 rings (SSSR count). The summed E-state index contributed by atoms with van der Waals surface area (Å²) in [5.41, 5.74) is 3.70. The Morgan fingerprint density at radius 2 is 2.17 bits per heavy atom. The molecule has 1 aromatic carbocycles. The van der Waals surface area contributed by atoms with Crippen LogP contribution in [0.2, 0.25) is 0 Å². The van der Waals surface area contributed by atoms with Crippen LogP contribution in [0.25, 0.3) is 11.4 Å². The Morgan fingerprint density at radius 1 is 1.26 bits per heavy atom. The van der Waals surface area contributed by atoms with E-state index in [0.29, 0.717) is 12.4 Å². The summed E-state index contributed by atoms with van der Waals surface area (Å²) in [6, 6.07) is 13.5. The minimum Gasteiger partial charge on any atom is -0.487 e. The van der Waals surface area contributed by atoms with Crippen LogP contribution in [-0.4, -0.2) is 21.5 Å². The monoisotopic (exact) mass is 307 g/mol. The molecule has 3 aromatic rings. The zero-order valence-corrected chi connectivity index (χ0v) is 12.8. The number of hydrogen-bond acceptors (Lipinski definition) is 4. The first-order valence-electron chi connectivity index (χ1n) is 7.39. The Hall–Kier alpha value is -2.95. The second-order valence-corrected chi connectivity index (χ2v) is 5.31. The quantitative estimate of drug-likeness (QED) is 0.709. The van der Waals surface area contributed by atoms with Crippen LogP contribution in [0.1, 0.15) is 24.0 Å². The van der Waals surface area contributed by atoms with Gasteiger partial charge in [0.25, 0.3) is 0 Å². The molecule has 0 amide bonds. The van der Waals surface area contributed by atoms with Crippen LogP contribution in [-0.2, 0) is 11.4 Å². The number of ether oxygens (including phenoxy) is 1. The van der Waals surface area contributed by atoms with Gasteiger partial charge in [-0.15, -0.1) is 0 Å². The summed E-state index contributed by atoms with van der Waals surface area (Å²) in [6.45, 7) is 2.32. The van der Waals surface area contributed by atoms with E-state index in [9.17, 15) is 4.79 Å². The van der Waals surface area contributed by atoms with Crippen molar-refractivity contribution in [2.45, 2.75) is 19.4 Å². The highest BCUT2D eigenvalue weighted by atomic mass is 16.5. The van der Waals surface area contributed by atoms with Gasteiger partial charge in [0.1, 0.15) is 18.6 Å². The SMILES string of the molecule is CC(C=O)c1cccc(COc2ccc(-c3ccn[nH]3)nc2)c1. The van der Waals surface area contributed by atoms with Gasteiger partial charge < -0.3 is 9.53 Å². The predicted octanol–water partition coefficient (Wildman–Crippen LogP) is 3.35. The maximum atomic E-state index is 10.9. The number of H-pyrrole nitrogens is 1. The van der Waals surface area contributed by atoms with Crippen molar-refractivity contribution >= 4 is 6.29 Å². The number of nitrogens with one attached hydrogen (secondary N) is 1. The summed E-state index contributed by atoms with van der Waals surface area (Å²) >= 11 is 0. The summed E-state index contributed by atoms with van der Waals surface area (Å²) in [5.74, 6) is 0.590. The molecule has 23 heavy (non-hydrogen) atoms. The fourth-order valence-electron chi connectivity index (χ4n) is 2.23. The van der Waals surface area contributed by atoms with E-state index in [4.69, 9.17) is 4.74 Å². The third kappa shape index (κ3) is 3.63. The van der Waals surface area contributed by atoms with E-state index in [2.05, 4.69) is 15.2 Å². The summed E-state index contributed by atoms with van der Waals surface area (Å²) in [5, 5.41) is 6.78. The molecular formula is C18H17N3O2. The first-order valence-corrected chi connectivity index (χ1v) is 7.39. The molecular weight excluding hydrogens is 290 g/mol. The van der Waals surface area contributed by atoms with Gasteiger partial charge in [0, 0.05) is 12.1 Å². The lowest BCUT2D eigenvalue weighted by Gasteiger charge is -2.09. The van der Waals surface area contributed by atoms with Gasteiger partial charge in [0.2, 0.25) is 0 Å². The number of rotatable bonds is 6. The Kier molecular flexibility index (Phi) is 4.47. The highest BCUT2D eigenvalue weighted by Gasteiger charge is 2.05. The van der Waals surface area contributed by atoms with Crippen LogP contribution in [0.15, 0.2) is 54.9 Å². The summed E-state index contributed by atoms with van der Waals surface area (Å²) in [4.78, 5) is 15.2. The third-order valence-electron chi connectivity index (χ3n) is 3.60. The molecule has 0 radical (unpaired) electrons. The average Bonchev–Trinajstić information content (AvgIpc) is 3.14. The number of aromatic amines is 1. The van der Waals surface area contributed by atoms with Crippen molar-refractivity contribution in [1.29, 1.82) is 0 Å². The Morgan fingerprint density at radius 3 is 2.87 bits per heavy atom. The van der Waals surface area contributed by atoms with E-state index in [-0.39, 0.29) is 5.92 Å². The van der Waals surface area contributed by atoms with Gasteiger partial charge in [-0.3, -0.25) is 10.1 Å². The summed E-state index contributed by atoms with van der Waals surface area (Å²) in [7, 11) is 0. The number of hydrogen-bond donors (Lipinski definition) is 1. The highest BCUT2D eigenvalue weighted by molar-refractivity contribution is 5.61. The van der Waals surface area contributed by atoms with Crippen LogP contribution in [0.5, 0.6) is 5.75 Å². The fraction of sp³-hybridized carbons (Fsp3) is 0.167. The van der Waals surface area contributed by atoms with Crippen molar-refractivity contribution in [3.05, 3.63) is 66.0 Å². The molecule has 0 saturated heterocycles. The van der Waals surface area contributed by atoms with Crippen molar-refractivity contribution in [3.8, 4) is 17.1 Å². The number of carbonyl (C=O) groups excluding carboxylic acids is 1. The molecule has 1 N–H and O–H groups in total. The standard InChI is InChI=1S/C18H17N3O2/c1-13(11-22)15-4-2-3-14(9-15)12-23-16-5-6-17(19-10-16)18-7-8-20-21-18/h2-11,13H,12H2,1H3,(H,20,21). The minimum atomic E-state index is -0.106. The normalized spacial score (nSPS) is 11.9. The van der Waals surface area contributed by atoms with Crippen LogP contribution >= 0.6 is 0 Å². The lowest BCUT2D eigenvalue weighted by atomic mass is 10.0. The van der Waals surface area contributed by atoms with E-state index >= 15 is 0 Å². The predicted molar refractivity (Wildman–Crippen MR) is 87.1 cm³/mol. The fourth-order valence-corrected chi connectivity index (χ4v) is 2.23. The number of aldehydes is 1. The first kappa shape index (κ1) is 15.0. The minimum absolute atomic E-state index is 0.106. The van der Waals surface area contributed by atoms with Gasteiger partial charge in [0.15, 0.2) is 0 Å². The molecule has 116 valence electrons. The molecule has 0 spiro atoms. The van der Waals surface area contributed by atoms with Crippen molar-refractivity contribution in [2.24, 2.45) is 0 Å². The van der Waals surface area contributed by atoms with Crippen molar-refractivity contribution in [1.82, 2.24) is 15.2 Å². The van der Waals surface area contributed by atoms with Crippen LogP contribution in [0, 0.1) is 0 Å². The molecule has 5 nitrogen and oxygen atoms in total. The molecule has 2 aromatic heterocycles.